The van der Waals surface area contributed by atoms with Gasteiger partial charge in [-0.05, 0) is 43.4 Å². The van der Waals surface area contributed by atoms with E-state index in [-0.39, 0.29) is 23.2 Å². The fourth-order valence-electron chi connectivity index (χ4n) is 3.86. The lowest BCUT2D eigenvalue weighted by atomic mass is 9.57. The van der Waals surface area contributed by atoms with Crippen LogP contribution in [-0.4, -0.2) is 23.7 Å². The van der Waals surface area contributed by atoms with Crippen LogP contribution in [0.2, 0.25) is 0 Å². The molecule has 1 saturated carbocycles. The van der Waals surface area contributed by atoms with Crippen LogP contribution < -0.4 is 0 Å². The molecule has 0 aromatic heterocycles. The van der Waals surface area contributed by atoms with Crippen molar-refractivity contribution >= 4 is 11.9 Å². The second-order valence-electron chi connectivity index (χ2n) is 6.49. The highest BCUT2D eigenvalue weighted by Crippen LogP contribution is 2.53. The smallest absolute Gasteiger partial charge is 0.331 e. The maximum atomic E-state index is 11.2. The molecule has 0 bridgehead atoms. The molecule has 1 N–H and O–H groups in total. The Hall–Kier alpha value is -1.58. The number of esters is 1. The van der Waals surface area contributed by atoms with Gasteiger partial charge in [-0.25, -0.2) is 4.79 Å². The number of rotatable bonds is 4. The van der Waals surface area contributed by atoms with Gasteiger partial charge < -0.3 is 9.84 Å². The normalized spacial score (nSPS) is 31.8. The van der Waals surface area contributed by atoms with Crippen LogP contribution >= 0.6 is 0 Å². The second-order valence-corrected chi connectivity index (χ2v) is 6.49. The van der Waals surface area contributed by atoms with E-state index in [0.29, 0.717) is 12.2 Å². The molecule has 2 aliphatic carbocycles. The van der Waals surface area contributed by atoms with Gasteiger partial charge in [0, 0.05) is 18.4 Å². The van der Waals surface area contributed by atoms with Crippen LogP contribution in [0.5, 0.6) is 0 Å². The molecular formula is C17H24O4. The molecule has 116 valence electrons. The number of carboxylic acids is 1. The van der Waals surface area contributed by atoms with E-state index in [1.165, 1.54) is 12.5 Å². The molecule has 3 atom stereocenters. The lowest BCUT2D eigenvalue weighted by Gasteiger charge is -2.48. The molecule has 1 fully saturated rings. The van der Waals surface area contributed by atoms with Crippen molar-refractivity contribution in [1.29, 1.82) is 0 Å². The molecule has 2 rings (SSSR count). The molecule has 0 amide bonds. The van der Waals surface area contributed by atoms with E-state index in [1.807, 2.05) is 0 Å². The van der Waals surface area contributed by atoms with Gasteiger partial charge in [0.15, 0.2) is 0 Å². The summed E-state index contributed by atoms with van der Waals surface area (Å²) in [7, 11) is 0. The summed E-state index contributed by atoms with van der Waals surface area (Å²) in [5.74, 6) is -0.867. The summed E-state index contributed by atoms with van der Waals surface area (Å²) in [5.41, 5.74) is 1.64. The lowest BCUT2D eigenvalue weighted by Crippen LogP contribution is -2.40. The predicted octanol–water partition coefficient (Wildman–Crippen LogP) is 3.33. The Kier molecular flexibility index (Phi) is 4.55. The monoisotopic (exact) mass is 292 g/mol. The van der Waals surface area contributed by atoms with E-state index >= 15 is 0 Å². The number of carbonyl (C=O) groups excluding carboxylic acids is 1. The molecular weight excluding hydrogens is 268 g/mol. The first-order valence-electron chi connectivity index (χ1n) is 7.59. The highest BCUT2D eigenvalue weighted by Gasteiger charge is 2.45. The molecule has 0 saturated heterocycles. The number of carboxylic acid groups (broad SMARTS) is 1. The molecule has 0 aromatic rings. The van der Waals surface area contributed by atoms with Crippen molar-refractivity contribution in [2.24, 2.45) is 17.3 Å². The van der Waals surface area contributed by atoms with Gasteiger partial charge in [0.25, 0.3) is 0 Å². The minimum atomic E-state index is -0.900. The quantitative estimate of drug-likeness (QED) is 0.490. The van der Waals surface area contributed by atoms with Crippen LogP contribution in [0.15, 0.2) is 23.8 Å². The van der Waals surface area contributed by atoms with E-state index in [4.69, 9.17) is 4.74 Å². The molecule has 3 unspecified atom stereocenters. The third kappa shape index (κ3) is 3.20. The van der Waals surface area contributed by atoms with Crippen LogP contribution in [0.3, 0.4) is 0 Å². The second kappa shape index (κ2) is 6.04. The maximum absolute atomic E-state index is 11.2. The summed E-state index contributed by atoms with van der Waals surface area (Å²) in [4.78, 5) is 22.3. The van der Waals surface area contributed by atoms with Gasteiger partial charge >= 0.3 is 11.9 Å². The van der Waals surface area contributed by atoms with Crippen molar-refractivity contribution < 1.29 is 19.4 Å². The number of fused-ring (bicyclic) bond motifs is 1. The Morgan fingerprint density at radius 1 is 1.48 bits per heavy atom. The standard InChI is InChI=1S/C17H24O4/c1-11(16(19)20)13-7-8-14-5-4-6-15(10-21-12(2)18)17(14,3)9-13/h5,13,15H,1,4,6-10H2,2-3H3,(H,19,20). The number of ether oxygens (including phenoxy) is 1. The van der Waals surface area contributed by atoms with E-state index < -0.39 is 5.97 Å². The van der Waals surface area contributed by atoms with Crippen molar-refractivity contribution in [2.75, 3.05) is 6.61 Å². The zero-order chi connectivity index (χ0) is 15.6. The van der Waals surface area contributed by atoms with E-state index in [0.717, 1.165) is 32.1 Å². The van der Waals surface area contributed by atoms with E-state index in [9.17, 15) is 14.7 Å². The van der Waals surface area contributed by atoms with Gasteiger partial charge in [-0.2, -0.15) is 0 Å². The van der Waals surface area contributed by atoms with Crippen LogP contribution in [0.25, 0.3) is 0 Å². The lowest BCUT2D eigenvalue weighted by molar-refractivity contribution is -0.143. The van der Waals surface area contributed by atoms with Crippen molar-refractivity contribution in [3.05, 3.63) is 23.8 Å². The Bertz CT molecular complexity index is 491. The van der Waals surface area contributed by atoms with Crippen LogP contribution in [0.4, 0.5) is 0 Å². The van der Waals surface area contributed by atoms with E-state index in [2.05, 4.69) is 19.6 Å². The third-order valence-corrected chi connectivity index (χ3v) is 5.23. The average Bonchev–Trinajstić information content (AvgIpc) is 2.42. The fourth-order valence-corrected chi connectivity index (χ4v) is 3.86. The van der Waals surface area contributed by atoms with Gasteiger partial charge in [0.1, 0.15) is 0 Å². The Morgan fingerprint density at radius 2 is 2.19 bits per heavy atom. The molecule has 0 radical (unpaired) electrons. The largest absolute Gasteiger partial charge is 0.478 e. The van der Waals surface area contributed by atoms with Crippen molar-refractivity contribution in [3.8, 4) is 0 Å². The molecule has 0 aromatic carbocycles. The molecule has 0 aliphatic heterocycles. The van der Waals surface area contributed by atoms with Gasteiger partial charge in [-0.3, -0.25) is 4.79 Å². The van der Waals surface area contributed by atoms with Gasteiger partial charge in [-0.1, -0.05) is 25.2 Å². The number of carbonyl (C=O) groups is 2. The Morgan fingerprint density at radius 3 is 2.81 bits per heavy atom. The Labute approximate surface area is 125 Å². The minimum absolute atomic E-state index is 0.0163. The number of hydrogen-bond acceptors (Lipinski definition) is 3. The van der Waals surface area contributed by atoms with E-state index in [1.54, 1.807) is 0 Å². The summed E-state index contributed by atoms with van der Waals surface area (Å²) in [6, 6.07) is 0. The van der Waals surface area contributed by atoms with Crippen LogP contribution in [0, 0.1) is 17.3 Å². The highest BCUT2D eigenvalue weighted by molar-refractivity contribution is 5.86. The summed E-state index contributed by atoms with van der Waals surface area (Å²) in [6.07, 6.45) is 6.86. The first-order valence-corrected chi connectivity index (χ1v) is 7.59. The predicted molar refractivity (Wildman–Crippen MR) is 79.7 cm³/mol. The maximum Gasteiger partial charge on any atom is 0.331 e. The summed E-state index contributed by atoms with van der Waals surface area (Å²) >= 11 is 0. The summed E-state index contributed by atoms with van der Waals surface area (Å²) in [6.45, 7) is 7.78. The number of allylic oxidation sites excluding steroid dienone is 2. The highest BCUT2D eigenvalue weighted by atomic mass is 16.5. The summed E-state index contributed by atoms with van der Waals surface area (Å²) < 4.78 is 5.23. The average molecular weight is 292 g/mol. The molecule has 0 spiro atoms. The molecule has 4 nitrogen and oxygen atoms in total. The first-order chi connectivity index (χ1) is 9.84. The molecule has 4 heteroatoms. The molecule has 0 heterocycles. The van der Waals surface area contributed by atoms with Crippen molar-refractivity contribution in [1.82, 2.24) is 0 Å². The topological polar surface area (TPSA) is 63.6 Å². The SMILES string of the molecule is C=C(C(=O)O)C1CCC2=CCCC(COC(C)=O)C2(C)C1. The van der Waals surface area contributed by atoms with Crippen LogP contribution in [-0.2, 0) is 14.3 Å². The zero-order valence-electron chi connectivity index (χ0n) is 12.9. The third-order valence-electron chi connectivity index (χ3n) is 5.23. The van der Waals surface area contributed by atoms with Gasteiger partial charge in [-0.15, -0.1) is 0 Å². The number of hydrogen-bond donors (Lipinski definition) is 1. The Balaban J connectivity index is 2.17. The molecule has 2 aliphatic rings. The number of aliphatic carboxylic acids is 1. The van der Waals surface area contributed by atoms with Gasteiger partial charge in [0.05, 0.1) is 6.61 Å². The fraction of sp³-hybridized carbons (Fsp3) is 0.647. The minimum Gasteiger partial charge on any atom is -0.478 e. The van der Waals surface area contributed by atoms with Gasteiger partial charge in [0.2, 0.25) is 0 Å². The zero-order valence-corrected chi connectivity index (χ0v) is 12.9. The first kappa shape index (κ1) is 15.8. The van der Waals surface area contributed by atoms with Crippen LogP contribution in [0.1, 0.15) is 46.0 Å². The molecule has 21 heavy (non-hydrogen) atoms. The van der Waals surface area contributed by atoms with Crippen molar-refractivity contribution in [3.63, 3.8) is 0 Å². The van der Waals surface area contributed by atoms with Crippen molar-refractivity contribution in [2.45, 2.75) is 46.0 Å². The summed E-state index contributed by atoms with van der Waals surface area (Å²) in [5, 5.41) is 9.17.